The Bertz CT molecular complexity index is 1460. The zero-order chi connectivity index (χ0) is 27.8. The molecule has 8 rings (SSSR count). The number of amides is 1. The fourth-order valence-electron chi connectivity index (χ4n) is 8.22. The molecule has 5 aliphatic rings. The highest BCUT2D eigenvalue weighted by Gasteiger charge is 2.74. The molecule has 4 fully saturated rings. The lowest BCUT2D eigenvalue weighted by Gasteiger charge is -2.74. The highest BCUT2D eigenvalue weighted by molar-refractivity contribution is 7.59. The van der Waals surface area contributed by atoms with Crippen LogP contribution in [0, 0.1) is 17.0 Å². The smallest absolute Gasteiger partial charge is 0.223 e. The highest BCUT2D eigenvalue weighted by atomic mass is 32.1. The average molecular weight is 655 g/mol. The number of halogens is 3. The summed E-state index contributed by atoms with van der Waals surface area (Å²) in [6.45, 7) is 3.79. The average Bonchev–Trinajstić information content (AvgIpc) is 3.46. The van der Waals surface area contributed by atoms with Gasteiger partial charge in [0.1, 0.15) is 23.5 Å². The molecule has 1 aromatic heterocycles. The number of aromatic amines is 1. The summed E-state index contributed by atoms with van der Waals surface area (Å²) in [5.41, 5.74) is 7.75. The molecule has 3 heterocycles. The van der Waals surface area contributed by atoms with Gasteiger partial charge in [0.05, 0.1) is 18.1 Å². The third-order valence-corrected chi connectivity index (χ3v) is 9.91. The van der Waals surface area contributed by atoms with Crippen LogP contribution in [-0.2, 0) is 11.2 Å². The molecule has 3 saturated carbocycles. The standard InChI is InChI=1S/C31H35F3N4O2.3H2S/c1-18-11-22-21-5-2-3-6-25(21)36-27(22)28(38(18)31-15-30(16-31,17-31)29(35)39)26-23(33)12-20(13-24(26)34)40-19-7-10-37(14-19)9-4-8-32;;;/h2-3,5-6,12-13,18-19,28,36H,4,7-11,14-17H2,1H3,(H2,35,39);3*1H2/t18-,19-,28-,30?,31?;;;/m0.../s1. The molecule has 0 unspecified atom stereocenters. The van der Waals surface area contributed by atoms with Crippen molar-refractivity contribution in [1.82, 2.24) is 14.8 Å². The van der Waals surface area contributed by atoms with Gasteiger partial charge in [-0.25, -0.2) is 8.78 Å². The van der Waals surface area contributed by atoms with Gasteiger partial charge in [-0.15, -0.1) is 0 Å². The largest absolute Gasteiger partial charge is 0.489 e. The summed E-state index contributed by atoms with van der Waals surface area (Å²) in [5.74, 6) is -1.41. The second-order valence-electron chi connectivity index (χ2n) is 12.5. The molecule has 0 spiro atoms. The van der Waals surface area contributed by atoms with Gasteiger partial charge in [-0.3, -0.25) is 19.0 Å². The zero-order valence-electron chi connectivity index (χ0n) is 24.2. The van der Waals surface area contributed by atoms with E-state index in [2.05, 4.69) is 27.8 Å². The Morgan fingerprint density at radius 3 is 2.44 bits per heavy atom. The van der Waals surface area contributed by atoms with Crippen LogP contribution in [0.5, 0.6) is 5.75 Å². The molecule has 12 heteroatoms. The van der Waals surface area contributed by atoms with Gasteiger partial charge in [-0.05, 0) is 57.1 Å². The first-order valence-corrected chi connectivity index (χ1v) is 14.4. The second-order valence-corrected chi connectivity index (χ2v) is 12.5. The molecule has 1 saturated heterocycles. The number of aromatic nitrogens is 1. The summed E-state index contributed by atoms with van der Waals surface area (Å²) in [7, 11) is 0. The van der Waals surface area contributed by atoms with Gasteiger partial charge in [0.2, 0.25) is 5.91 Å². The fraction of sp³-hybridized carbons (Fsp3) is 0.516. The number of nitrogens with one attached hydrogen (secondary N) is 1. The number of likely N-dealkylation sites (tertiary alicyclic amines) is 1. The van der Waals surface area contributed by atoms with E-state index < -0.39 is 23.1 Å². The predicted octanol–water partition coefficient (Wildman–Crippen LogP) is 5.34. The quantitative estimate of drug-likeness (QED) is 0.344. The van der Waals surface area contributed by atoms with Crippen LogP contribution in [-0.4, -0.2) is 64.7 Å². The monoisotopic (exact) mass is 654 g/mol. The maximum absolute atomic E-state index is 16.1. The van der Waals surface area contributed by atoms with Gasteiger partial charge in [0, 0.05) is 65.5 Å². The zero-order valence-corrected chi connectivity index (χ0v) is 27.2. The van der Waals surface area contributed by atoms with E-state index in [1.165, 1.54) is 12.1 Å². The SMILES string of the molecule is C[C@H]1Cc2c([nH]c3ccccc23)[C@H](c2c(F)cc(O[C@H]3CCN(CCCF)C3)cc2F)N1C12CC(C(N)=O)(C1)C2.S.S.S. The van der Waals surface area contributed by atoms with Crippen molar-refractivity contribution in [2.45, 2.75) is 69.2 Å². The summed E-state index contributed by atoms with van der Waals surface area (Å²) in [6.07, 6.45) is 3.62. The van der Waals surface area contributed by atoms with E-state index in [0.717, 1.165) is 41.5 Å². The molecule has 2 aliphatic heterocycles. The Kier molecular flexibility index (Phi) is 9.79. The molecule has 236 valence electrons. The number of para-hydroxylation sites is 1. The van der Waals surface area contributed by atoms with Crippen molar-refractivity contribution in [1.29, 1.82) is 0 Å². The molecule has 3 aromatic rings. The van der Waals surface area contributed by atoms with E-state index in [-0.39, 0.29) is 82.1 Å². The summed E-state index contributed by atoms with van der Waals surface area (Å²) >= 11 is 0. The normalized spacial score (nSPS) is 29.3. The Morgan fingerprint density at radius 2 is 1.79 bits per heavy atom. The predicted molar refractivity (Wildman–Crippen MR) is 177 cm³/mol. The first-order valence-electron chi connectivity index (χ1n) is 14.4. The summed E-state index contributed by atoms with van der Waals surface area (Å²) in [4.78, 5) is 20.0. The minimum absolute atomic E-state index is 0. The van der Waals surface area contributed by atoms with Gasteiger partial charge in [0.15, 0.2) is 0 Å². The Hall–Kier alpha value is -1.99. The van der Waals surface area contributed by atoms with E-state index in [9.17, 15) is 9.18 Å². The molecule has 6 nitrogen and oxygen atoms in total. The number of nitrogens with two attached hydrogens (primary N) is 1. The van der Waals surface area contributed by atoms with Crippen molar-refractivity contribution in [3.8, 4) is 5.75 Å². The van der Waals surface area contributed by atoms with Crippen LogP contribution in [0.3, 0.4) is 0 Å². The molecule has 1 amide bonds. The number of carbonyl (C=O) groups excluding carboxylic acids is 1. The third kappa shape index (κ3) is 5.34. The fourth-order valence-corrected chi connectivity index (χ4v) is 8.22. The summed E-state index contributed by atoms with van der Waals surface area (Å²) in [5, 5.41) is 1.07. The second kappa shape index (κ2) is 12.4. The minimum atomic E-state index is -0.672. The van der Waals surface area contributed by atoms with Crippen LogP contribution in [0.2, 0.25) is 0 Å². The van der Waals surface area contributed by atoms with Gasteiger partial charge in [-0.2, -0.15) is 40.5 Å². The first kappa shape index (κ1) is 33.9. The lowest BCUT2D eigenvalue weighted by Crippen LogP contribution is -2.79. The summed E-state index contributed by atoms with van der Waals surface area (Å²) < 4.78 is 50.8. The maximum atomic E-state index is 16.1. The topological polar surface area (TPSA) is 74.6 Å². The molecule has 0 radical (unpaired) electrons. The number of H-pyrrole nitrogens is 1. The van der Waals surface area contributed by atoms with Gasteiger partial charge >= 0.3 is 0 Å². The molecule has 3 atom stereocenters. The Morgan fingerprint density at radius 1 is 1.12 bits per heavy atom. The van der Waals surface area contributed by atoms with Crippen molar-refractivity contribution >= 4 is 57.3 Å². The number of fused-ring (bicyclic) bond motifs is 3. The number of ether oxygens (including phenoxy) is 1. The molecule has 2 bridgehead atoms. The maximum Gasteiger partial charge on any atom is 0.223 e. The number of benzene rings is 2. The molecular weight excluding hydrogens is 614 g/mol. The number of nitrogens with zero attached hydrogens (tertiary/aromatic N) is 2. The number of alkyl halides is 1. The highest BCUT2D eigenvalue weighted by Crippen LogP contribution is 2.72. The lowest BCUT2D eigenvalue weighted by atomic mass is 9.38. The number of carbonyl (C=O) groups is 1. The van der Waals surface area contributed by atoms with E-state index in [1.54, 1.807) is 0 Å². The molecule has 3 N–H and O–H groups in total. The van der Waals surface area contributed by atoms with E-state index >= 15 is 8.78 Å². The number of rotatable bonds is 8. The van der Waals surface area contributed by atoms with Gasteiger partial charge in [-0.1, -0.05) is 18.2 Å². The minimum Gasteiger partial charge on any atom is -0.489 e. The van der Waals surface area contributed by atoms with Gasteiger partial charge in [0.25, 0.3) is 0 Å². The van der Waals surface area contributed by atoms with Crippen LogP contribution < -0.4 is 10.5 Å². The third-order valence-electron chi connectivity index (χ3n) is 9.91. The number of hydrogen-bond donors (Lipinski definition) is 2. The Balaban J connectivity index is 0.00000141. The van der Waals surface area contributed by atoms with Crippen molar-refractivity contribution in [2.24, 2.45) is 11.1 Å². The van der Waals surface area contributed by atoms with Crippen LogP contribution in [0.1, 0.15) is 61.9 Å². The van der Waals surface area contributed by atoms with E-state index in [1.807, 2.05) is 18.2 Å². The Labute approximate surface area is 271 Å². The first-order chi connectivity index (χ1) is 19.2. The van der Waals surface area contributed by atoms with Gasteiger partial charge < -0.3 is 15.5 Å². The van der Waals surface area contributed by atoms with Crippen LogP contribution in [0.4, 0.5) is 13.2 Å². The molecule has 3 aliphatic carbocycles. The summed E-state index contributed by atoms with van der Waals surface area (Å²) in [6, 6.07) is 9.91. The molecular formula is C31H41F3N4O2S3. The van der Waals surface area contributed by atoms with Crippen LogP contribution >= 0.6 is 40.5 Å². The number of primary amides is 1. The van der Waals surface area contributed by atoms with Crippen molar-refractivity contribution < 1.29 is 22.7 Å². The van der Waals surface area contributed by atoms with E-state index in [4.69, 9.17) is 10.5 Å². The molecule has 2 aromatic carbocycles. The van der Waals surface area contributed by atoms with E-state index in [0.29, 0.717) is 38.8 Å². The van der Waals surface area contributed by atoms with Crippen LogP contribution in [0.25, 0.3) is 10.9 Å². The number of hydrogen-bond acceptors (Lipinski definition) is 4. The van der Waals surface area contributed by atoms with Crippen LogP contribution in [0.15, 0.2) is 36.4 Å². The lowest BCUT2D eigenvalue weighted by molar-refractivity contribution is -0.233. The van der Waals surface area contributed by atoms with Crippen molar-refractivity contribution in [3.05, 3.63) is 64.9 Å². The molecule has 43 heavy (non-hydrogen) atoms. The van der Waals surface area contributed by atoms with Crippen molar-refractivity contribution in [2.75, 3.05) is 26.3 Å². The van der Waals surface area contributed by atoms with Crippen molar-refractivity contribution in [3.63, 3.8) is 0 Å².